The van der Waals surface area contributed by atoms with E-state index < -0.39 is 5.91 Å². The van der Waals surface area contributed by atoms with Gasteiger partial charge in [0.25, 0.3) is 0 Å². The number of carbonyl (C=O) groups is 2. The fourth-order valence-corrected chi connectivity index (χ4v) is 2.55. The van der Waals surface area contributed by atoms with E-state index in [9.17, 15) is 9.59 Å². The zero-order valence-electron chi connectivity index (χ0n) is 11.9. The first-order valence-corrected chi connectivity index (χ1v) is 6.83. The molecule has 2 rings (SSSR count). The Balaban J connectivity index is 1.98. The molecule has 0 saturated carbocycles. The van der Waals surface area contributed by atoms with E-state index in [4.69, 9.17) is 5.73 Å². The second kappa shape index (κ2) is 6.05. The first-order chi connectivity index (χ1) is 9.49. The second-order valence-electron chi connectivity index (χ2n) is 5.50. The molecule has 0 aliphatic carbocycles. The number of nitrogens with one attached hydrogen (secondary N) is 1. The van der Waals surface area contributed by atoms with Crippen LogP contribution in [0.3, 0.4) is 0 Å². The van der Waals surface area contributed by atoms with Gasteiger partial charge < -0.3 is 16.0 Å². The molecular formula is C15H21N3O2. The highest BCUT2D eigenvalue weighted by Crippen LogP contribution is 2.19. The highest BCUT2D eigenvalue weighted by atomic mass is 16.2. The molecule has 1 aliphatic heterocycles. The molecule has 108 valence electrons. The molecule has 0 spiro atoms. The Morgan fingerprint density at radius 1 is 1.30 bits per heavy atom. The van der Waals surface area contributed by atoms with Gasteiger partial charge in [-0.15, -0.1) is 0 Å². The van der Waals surface area contributed by atoms with Crippen molar-refractivity contribution in [2.75, 3.05) is 20.1 Å². The fraction of sp³-hybridized carbons (Fsp3) is 0.467. The molecule has 2 unspecified atom stereocenters. The summed E-state index contributed by atoms with van der Waals surface area (Å²) in [5.74, 6) is 0.167. The Labute approximate surface area is 119 Å². The minimum absolute atomic E-state index is 0.0601. The van der Waals surface area contributed by atoms with Crippen molar-refractivity contribution >= 4 is 11.8 Å². The van der Waals surface area contributed by atoms with Gasteiger partial charge in [0.05, 0.1) is 5.92 Å². The molecule has 20 heavy (non-hydrogen) atoms. The van der Waals surface area contributed by atoms with Crippen LogP contribution in [-0.2, 0) is 11.3 Å². The summed E-state index contributed by atoms with van der Waals surface area (Å²) >= 11 is 0. The standard InChI is InChI=1S/C15H21N3O2/c1-10-7-17-8-13(10)15(20)18(2)9-11-3-5-12(6-4-11)14(16)19/h3-6,10,13,17H,7-9H2,1-2H3,(H2,16,19). The lowest BCUT2D eigenvalue weighted by Gasteiger charge is -2.23. The number of primary amides is 1. The van der Waals surface area contributed by atoms with Gasteiger partial charge in [-0.25, -0.2) is 0 Å². The van der Waals surface area contributed by atoms with Crippen LogP contribution in [0.1, 0.15) is 22.8 Å². The Morgan fingerprint density at radius 2 is 1.95 bits per heavy atom. The van der Waals surface area contributed by atoms with Crippen LogP contribution in [0.5, 0.6) is 0 Å². The van der Waals surface area contributed by atoms with E-state index >= 15 is 0 Å². The predicted molar refractivity (Wildman–Crippen MR) is 77.0 cm³/mol. The summed E-state index contributed by atoms with van der Waals surface area (Å²) in [5, 5.41) is 3.24. The maximum Gasteiger partial charge on any atom is 0.248 e. The number of nitrogens with zero attached hydrogens (tertiary/aromatic N) is 1. The third-order valence-electron chi connectivity index (χ3n) is 3.87. The van der Waals surface area contributed by atoms with Crippen LogP contribution in [0, 0.1) is 11.8 Å². The summed E-state index contributed by atoms with van der Waals surface area (Å²) in [6, 6.07) is 7.05. The van der Waals surface area contributed by atoms with Crippen LogP contribution >= 0.6 is 0 Å². The summed E-state index contributed by atoms with van der Waals surface area (Å²) in [4.78, 5) is 25.1. The van der Waals surface area contributed by atoms with Gasteiger partial charge in [0.15, 0.2) is 0 Å². The Bertz CT molecular complexity index is 498. The van der Waals surface area contributed by atoms with E-state index in [0.717, 1.165) is 18.7 Å². The first-order valence-electron chi connectivity index (χ1n) is 6.83. The quantitative estimate of drug-likeness (QED) is 0.845. The van der Waals surface area contributed by atoms with Crippen LogP contribution in [0.2, 0.25) is 0 Å². The van der Waals surface area contributed by atoms with Crippen molar-refractivity contribution in [2.24, 2.45) is 17.6 Å². The molecule has 3 N–H and O–H groups in total. The SMILES string of the molecule is CC1CNCC1C(=O)N(C)Cc1ccc(C(N)=O)cc1. The molecule has 2 amide bonds. The molecule has 1 aliphatic rings. The van der Waals surface area contributed by atoms with E-state index in [1.54, 1.807) is 17.0 Å². The molecule has 1 heterocycles. The highest BCUT2D eigenvalue weighted by Gasteiger charge is 2.31. The van der Waals surface area contributed by atoms with Crippen LogP contribution in [-0.4, -0.2) is 36.9 Å². The lowest BCUT2D eigenvalue weighted by Crippen LogP contribution is -2.35. The van der Waals surface area contributed by atoms with Crippen molar-refractivity contribution in [3.63, 3.8) is 0 Å². The van der Waals surface area contributed by atoms with Gasteiger partial charge in [-0.1, -0.05) is 19.1 Å². The summed E-state index contributed by atoms with van der Waals surface area (Å²) in [6.45, 7) is 4.29. The van der Waals surface area contributed by atoms with E-state index in [1.807, 2.05) is 19.2 Å². The van der Waals surface area contributed by atoms with Crippen molar-refractivity contribution in [1.82, 2.24) is 10.2 Å². The second-order valence-corrected chi connectivity index (χ2v) is 5.50. The Kier molecular flexibility index (Phi) is 4.39. The van der Waals surface area contributed by atoms with E-state index in [-0.39, 0.29) is 11.8 Å². The van der Waals surface area contributed by atoms with Crippen molar-refractivity contribution < 1.29 is 9.59 Å². The van der Waals surface area contributed by atoms with Crippen molar-refractivity contribution in [2.45, 2.75) is 13.5 Å². The molecule has 1 aromatic rings. The summed E-state index contributed by atoms with van der Waals surface area (Å²) < 4.78 is 0. The topological polar surface area (TPSA) is 75.4 Å². The van der Waals surface area contributed by atoms with Crippen LogP contribution < -0.4 is 11.1 Å². The lowest BCUT2D eigenvalue weighted by atomic mass is 9.96. The van der Waals surface area contributed by atoms with Gasteiger partial charge in [-0.3, -0.25) is 9.59 Å². The normalized spacial score (nSPS) is 21.7. The monoisotopic (exact) mass is 275 g/mol. The fourth-order valence-electron chi connectivity index (χ4n) is 2.55. The van der Waals surface area contributed by atoms with Crippen molar-refractivity contribution in [3.05, 3.63) is 35.4 Å². The molecule has 0 bridgehead atoms. The molecule has 0 radical (unpaired) electrons. The maximum absolute atomic E-state index is 12.3. The molecular weight excluding hydrogens is 254 g/mol. The average molecular weight is 275 g/mol. The Hall–Kier alpha value is -1.88. The zero-order chi connectivity index (χ0) is 14.7. The molecule has 1 aromatic carbocycles. The molecule has 2 atom stereocenters. The summed E-state index contributed by atoms with van der Waals surface area (Å²) in [5.41, 5.74) is 6.67. The number of nitrogens with two attached hydrogens (primary N) is 1. The molecule has 0 aromatic heterocycles. The van der Waals surface area contributed by atoms with Crippen LogP contribution in [0.4, 0.5) is 0 Å². The van der Waals surface area contributed by atoms with Crippen molar-refractivity contribution in [3.8, 4) is 0 Å². The molecule has 1 fully saturated rings. The smallest absolute Gasteiger partial charge is 0.248 e. The van der Waals surface area contributed by atoms with Gasteiger partial charge in [0, 0.05) is 25.7 Å². The minimum Gasteiger partial charge on any atom is -0.366 e. The number of amides is 2. The minimum atomic E-state index is -0.438. The zero-order valence-corrected chi connectivity index (χ0v) is 11.9. The summed E-state index contributed by atoms with van der Waals surface area (Å²) in [7, 11) is 1.81. The van der Waals surface area contributed by atoms with Gasteiger partial charge in [0.2, 0.25) is 11.8 Å². The largest absolute Gasteiger partial charge is 0.366 e. The Morgan fingerprint density at radius 3 is 2.45 bits per heavy atom. The van der Waals surface area contributed by atoms with Gasteiger partial charge in [-0.2, -0.15) is 0 Å². The number of carbonyl (C=O) groups excluding carboxylic acids is 2. The predicted octanol–water partition coefficient (Wildman–Crippen LogP) is 0.599. The highest BCUT2D eigenvalue weighted by molar-refractivity contribution is 5.92. The van der Waals surface area contributed by atoms with Crippen molar-refractivity contribution in [1.29, 1.82) is 0 Å². The summed E-state index contributed by atoms with van der Waals surface area (Å²) in [6.07, 6.45) is 0. The third-order valence-corrected chi connectivity index (χ3v) is 3.87. The maximum atomic E-state index is 12.3. The third kappa shape index (κ3) is 3.17. The van der Waals surface area contributed by atoms with E-state index in [0.29, 0.717) is 18.0 Å². The first kappa shape index (κ1) is 14.5. The van der Waals surface area contributed by atoms with Gasteiger partial charge in [-0.05, 0) is 30.2 Å². The molecule has 1 saturated heterocycles. The molecule has 5 nitrogen and oxygen atoms in total. The van der Waals surface area contributed by atoms with Crippen LogP contribution in [0.25, 0.3) is 0 Å². The lowest BCUT2D eigenvalue weighted by molar-refractivity contribution is -0.135. The van der Waals surface area contributed by atoms with E-state index in [2.05, 4.69) is 12.2 Å². The number of rotatable bonds is 4. The average Bonchev–Trinajstić information content (AvgIpc) is 2.84. The van der Waals surface area contributed by atoms with Crippen LogP contribution in [0.15, 0.2) is 24.3 Å². The van der Waals surface area contributed by atoms with Gasteiger partial charge >= 0.3 is 0 Å². The molecule has 5 heteroatoms. The van der Waals surface area contributed by atoms with Gasteiger partial charge in [0.1, 0.15) is 0 Å². The number of hydrogen-bond acceptors (Lipinski definition) is 3. The number of benzene rings is 1. The number of hydrogen-bond donors (Lipinski definition) is 2. The van der Waals surface area contributed by atoms with E-state index in [1.165, 1.54) is 0 Å².